The van der Waals surface area contributed by atoms with Gasteiger partial charge in [-0.05, 0) is 24.3 Å². The lowest BCUT2D eigenvalue weighted by Crippen LogP contribution is -2.41. The van der Waals surface area contributed by atoms with Crippen LogP contribution in [0.15, 0.2) is 36.5 Å². The molecule has 1 N–H and O–H groups in total. The van der Waals surface area contributed by atoms with Gasteiger partial charge in [0.1, 0.15) is 0 Å². The van der Waals surface area contributed by atoms with Gasteiger partial charge >= 0.3 is 5.97 Å². The maximum atomic E-state index is 12.7. The van der Waals surface area contributed by atoms with Gasteiger partial charge in [0.05, 0.1) is 11.9 Å². The van der Waals surface area contributed by atoms with Crippen LogP contribution in [0.3, 0.4) is 0 Å². The lowest BCUT2D eigenvalue weighted by atomic mass is 10.00. The van der Waals surface area contributed by atoms with Crippen molar-refractivity contribution in [1.82, 2.24) is 19.3 Å². The van der Waals surface area contributed by atoms with E-state index in [2.05, 4.69) is 10.3 Å². The first-order valence-electron chi connectivity index (χ1n) is 8.09. The van der Waals surface area contributed by atoms with E-state index in [-0.39, 0.29) is 17.4 Å². The van der Waals surface area contributed by atoms with E-state index in [4.69, 9.17) is 5.11 Å². The number of benzene rings is 1. The zero-order valence-electron chi connectivity index (χ0n) is 13.7. The fourth-order valence-electron chi connectivity index (χ4n) is 3.05. The molecule has 1 fully saturated rings. The Bertz CT molecular complexity index is 835. The summed E-state index contributed by atoms with van der Waals surface area (Å²) in [6.07, 6.45) is 3.03. The highest BCUT2D eigenvalue weighted by Gasteiger charge is 2.29. The Morgan fingerprint density at radius 1 is 1.28 bits per heavy atom. The SMILES string of the molecule is O=C(O)c1cn(CC2CCCN(S(=O)(=O)Cc3ccccc3)C2)nn1. The van der Waals surface area contributed by atoms with Crippen LogP contribution in [0, 0.1) is 5.92 Å². The Hall–Kier alpha value is -2.26. The van der Waals surface area contributed by atoms with E-state index in [1.54, 1.807) is 0 Å². The summed E-state index contributed by atoms with van der Waals surface area (Å²) in [5.41, 5.74) is 0.663. The zero-order chi connectivity index (χ0) is 17.9. The number of hydrogen-bond donors (Lipinski definition) is 1. The fraction of sp³-hybridized carbons (Fsp3) is 0.438. The van der Waals surface area contributed by atoms with Crippen LogP contribution in [0.1, 0.15) is 28.9 Å². The smallest absolute Gasteiger partial charge is 0.358 e. The fourth-order valence-corrected chi connectivity index (χ4v) is 4.70. The van der Waals surface area contributed by atoms with Crippen LogP contribution < -0.4 is 0 Å². The van der Waals surface area contributed by atoms with Crippen molar-refractivity contribution in [3.63, 3.8) is 0 Å². The Morgan fingerprint density at radius 3 is 2.72 bits per heavy atom. The van der Waals surface area contributed by atoms with E-state index in [1.165, 1.54) is 15.2 Å². The number of rotatable bonds is 6. The number of sulfonamides is 1. The minimum Gasteiger partial charge on any atom is -0.476 e. The molecule has 1 unspecified atom stereocenters. The van der Waals surface area contributed by atoms with Crippen molar-refractivity contribution in [1.29, 1.82) is 0 Å². The number of nitrogens with zero attached hydrogens (tertiary/aromatic N) is 4. The second-order valence-electron chi connectivity index (χ2n) is 6.24. The van der Waals surface area contributed by atoms with E-state index in [0.29, 0.717) is 19.6 Å². The van der Waals surface area contributed by atoms with Gasteiger partial charge in [-0.1, -0.05) is 35.5 Å². The Morgan fingerprint density at radius 2 is 2.04 bits per heavy atom. The highest BCUT2D eigenvalue weighted by molar-refractivity contribution is 7.88. The molecule has 1 aliphatic heterocycles. The van der Waals surface area contributed by atoms with Crippen LogP contribution in [0.25, 0.3) is 0 Å². The van der Waals surface area contributed by atoms with Crippen LogP contribution in [-0.2, 0) is 22.3 Å². The standard InChI is InChI=1S/C16H20N4O4S/c21-16(22)15-11-19(18-17-15)9-14-7-4-8-20(10-14)25(23,24)12-13-5-2-1-3-6-13/h1-3,5-6,11,14H,4,7-10,12H2,(H,21,22). The number of carboxylic acid groups (broad SMARTS) is 1. The Kier molecular flexibility index (Phi) is 5.14. The first-order chi connectivity index (χ1) is 11.9. The molecular weight excluding hydrogens is 344 g/mol. The zero-order valence-corrected chi connectivity index (χ0v) is 14.5. The maximum Gasteiger partial charge on any atom is 0.358 e. The molecule has 0 saturated carbocycles. The van der Waals surface area contributed by atoms with Crippen molar-refractivity contribution >= 4 is 16.0 Å². The van der Waals surface area contributed by atoms with Gasteiger partial charge in [-0.3, -0.25) is 4.68 Å². The second-order valence-corrected chi connectivity index (χ2v) is 8.21. The maximum absolute atomic E-state index is 12.7. The third-order valence-corrected chi connectivity index (χ3v) is 6.09. The molecule has 9 heteroatoms. The molecule has 134 valence electrons. The van der Waals surface area contributed by atoms with Crippen LogP contribution in [0.5, 0.6) is 0 Å². The summed E-state index contributed by atoms with van der Waals surface area (Å²) < 4.78 is 28.3. The lowest BCUT2D eigenvalue weighted by molar-refractivity contribution is 0.0690. The molecule has 25 heavy (non-hydrogen) atoms. The van der Waals surface area contributed by atoms with E-state index >= 15 is 0 Å². The highest BCUT2D eigenvalue weighted by atomic mass is 32.2. The van der Waals surface area contributed by atoms with Crippen LogP contribution in [0.4, 0.5) is 0 Å². The van der Waals surface area contributed by atoms with Gasteiger partial charge in [-0.25, -0.2) is 17.5 Å². The number of piperidine rings is 1. The molecule has 1 saturated heterocycles. The van der Waals surface area contributed by atoms with E-state index in [0.717, 1.165) is 18.4 Å². The minimum absolute atomic E-state index is 0.00690. The number of carbonyl (C=O) groups is 1. The van der Waals surface area contributed by atoms with Crippen molar-refractivity contribution in [3.8, 4) is 0 Å². The second kappa shape index (κ2) is 7.32. The molecule has 1 atom stereocenters. The molecule has 1 aliphatic rings. The van der Waals surface area contributed by atoms with Crippen molar-refractivity contribution in [2.75, 3.05) is 13.1 Å². The monoisotopic (exact) mass is 364 g/mol. The lowest BCUT2D eigenvalue weighted by Gasteiger charge is -2.31. The number of aromatic nitrogens is 3. The molecule has 1 aromatic heterocycles. The molecule has 0 spiro atoms. The summed E-state index contributed by atoms with van der Waals surface area (Å²) in [6, 6.07) is 9.13. The summed E-state index contributed by atoms with van der Waals surface area (Å²) in [4.78, 5) is 10.9. The Balaban J connectivity index is 1.64. The van der Waals surface area contributed by atoms with Crippen molar-refractivity contribution in [3.05, 3.63) is 47.8 Å². The predicted octanol–water partition coefficient (Wildman–Crippen LogP) is 1.22. The molecule has 0 radical (unpaired) electrons. The quantitative estimate of drug-likeness (QED) is 0.826. The summed E-state index contributed by atoms with van der Waals surface area (Å²) in [5, 5.41) is 16.3. The van der Waals surface area contributed by atoms with Crippen LogP contribution >= 0.6 is 0 Å². The molecule has 0 amide bonds. The van der Waals surface area contributed by atoms with Gasteiger partial charge in [-0.2, -0.15) is 0 Å². The minimum atomic E-state index is -3.38. The van der Waals surface area contributed by atoms with Gasteiger partial charge in [0.2, 0.25) is 10.0 Å². The molecule has 0 bridgehead atoms. The van der Waals surface area contributed by atoms with Crippen molar-refractivity contribution in [2.24, 2.45) is 5.92 Å². The van der Waals surface area contributed by atoms with Gasteiger partial charge in [0.15, 0.2) is 5.69 Å². The molecule has 2 heterocycles. The van der Waals surface area contributed by atoms with E-state index in [1.807, 2.05) is 30.3 Å². The average molecular weight is 364 g/mol. The normalized spacial score (nSPS) is 19.0. The third kappa shape index (κ3) is 4.43. The van der Waals surface area contributed by atoms with Crippen LogP contribution in [-0.4, -0.2) is 51.9 Å². The first kappa shape index (κ1) is 17.6. The highest BCUT2D eigenvalue weighted by Crippen LogP contribution is 2.22. The van der Waals surface area contributed by atoms with Crippen molar-refractivity contribution in [2.45, 2.75) is 25.1 Å². The van der Waals surface area contributed by atoms with E-state index < -0.39 is 16.0 Å². The molecular formula is C16H20N4O4S. The topological polar surface area (TPSA) is 105 Å². The van der Waals surface area contributed by atoms with E-state index in [9.17, 15) is 13.2 Å². The molecule has 0 aliphatic carbocycles. The number of aromatic carboxylic acids is 1. The van der Waals surface area contributed by atoms with Gasteiger partial charge in [-0.15, -0.1) is 5.10 Å². The average Bonchev–Trinajstić information content (AvgIpc) is 3.04. The molecule has 2 aromatic rings. The van der Waals surface area contributed by atoms with Gasteiger partial charge < -0.3 is 5.11 Å². The molecule has 1 aromatic carbocycles. The summed E-state index contributed by atoms with van der Waals surface area (Å²) in [6.45, 7) is 1.39. The van der Waals surface area contributed by atoms with Gasteiger partial charge in [0, 0.05) is 19.6 Å². The summed E-state index contributed by atoms with van der Waals surface area (Å²) in [7, 11) is -3.38. The van der Waals surface area contributed by atoms with Crippen molar-refractivity contribution < 1.29 is 18.3 Å². The first-order valence-corrected chi connectivity index (χ1v) is 9.70. The van der Waals surface area contributed by atoms with Gasteiger partial charge in [0.25, 0.3) is 0 Å². The number of carboxylic acids is 1. The molecule has 3 rings (SSSR count). The number of hydrogen-bond acceptors (Lipinski definition) is 5. The summed E-state index contributed by atoms with van der Waals surface area (Å²) in [5.74, 6) is -1.04. The Labute approximate surface area is 146 Å². The predicted molar refractivity (Wildman–Crippen MR) is 90.3 cm³/mol. The summed E-state index contributed by atoms with van der Waals surface area (Å²) >= 11 is 0. The largest absolute Gasteiger partial charge is 0.476 e. The third-order valence-electron chi connectivity index (χ3n) is 4.27. The van der Waals surface area contributed by atoms with Crippen LogP contribution in [0.2, 0.25) is 0 Å². The molecule has 8 nitrogen and oxygen atoms in total.